The number of hydrogen-bond donors (Lipinski definition) is 1. The number of nitrogens with one attached hydrogen (secondary N) is 1. The maximum absolute atomic E-state index is 11.6. The molecule has 116 valence electrons. The molecule has 0 aliphatic carbocycles. The number of para-hydroxylation sites is 1. The van der Waals surface area contributed by atoms with Crippen LogP contribution in [0, 0.1) is 0 Å². The van der Waals surface area contributed by atoms with Crippen LogP contribution in [0.3, 0.4) is 0 Å². The summed E-state index contributed by atoms with van der Waals surface area (Å²) < 4.78 is 11.2. The van der Waals surface area contributed by atoms with Crippen molar-refractivity contribution in [3.63, 3.8) is 0 Å². The van der Waals surface area contributed by atoms with Crippen LogP contribution < -0.4 is 14.8 Å². The van der Waals surface area contributed by atoms with E-state index in [-0.39, 0.29) is 5.91 Å². The monoisotopic (exact) mass is 299 g/mol. The Bertz CT molecular complexity index is 584. The van der Waals surface area contributed by atoms with Crippen LogP contribution in [-0.4, -0.2) is 19.1 Å². The Labute approximate surface area is 131 Å². The zero-order valence-corrected chi connectivity index (χ0v) is 12.7. The highest BCUT2D eigenvalue weighted by molar-refractivity contribution is 5.90. The van der Waals surface area contributed by atoms with Gasteiger partial charge in [0, 0.05) is 18.2 Å². The fourth-order valence-electron chi connectivity index (χ4n) is 1.95. The third-order valence-corrected chi connectivity index (χ3v) is 2.96. The van der Waals surface area contributed by atoms with E-state index in [1.54, 1.807) is 0 Å². The molecule has 0 saturated heterocycles. The maximum Gasteiger partial charge on any atom is 0.224 e. The molecule has 1 amide bonds. The van der Waals surface area contributed by atoms with Gasteiger partial charge in [-0.3, -0.25) is 4.79 Å². The van der Waals surface area contributed by atoms with Crippen LogP contribution in [0.4, 0.5) is 5.69 Å². The minimum Gasteiger partial charge on any atom is -0.490 e. The van der Waals surface area contributed by atoms with Crippen molar-refractivity contribution >= 4 is 11.6 Å². The Morgan fingerprint density at radius 3 is 2.36 bits per heavy atom. The van der Waals surface area contributed by atoms with Gasteiger partial charge < -0.3 is 14.8 Å². The summed E-state index contributed by atoms with van der Waals surface area (Å²) in [5, 5.41) is 2.85. The van der Waals surface area contributed by atoms with E-state index in [9.17, 15) is 4.79 Å². The van der Waals surface area contributed by atoms with Crippen molar-refractivity contribution in [1.29, 1.82) is 0 Å². The molecule has 4 nitrogen and oxygen atoms in total. The van der Waals surface area contributed by atoms with Gasteiger partial charge in [-0.25, -0.2) is 0 Å². The minimum atomic E-state index is 0.0204. The Kier molecular flexibility index (Phi) is 6.30. The van der Waals surface area contributed by atoms with Crippen molar-refractivity contribution in [2.24, 2.45) is 0 Å². The minimum absolute atomic E-state index is 0.0204. The van der Waals surface area contributed by atoms with Crippen LogP contribution in [0.25, 0.3) is 0 Å². The molecule has 0 aliphatic heterocycles. The third-order valence-electron chi connectivity index (χ3n) is 2.96. The second-order valence-corrected chi connectivity index (χ2v) is 4.84. The molecular weight excluding hydrogens is 278 g/mol. The smallest absolute Gasteiger partial charge is 0.224 e. The van der Waals surface area contributed by atoms with Gasteiger partial charge in [-0.05, 0) is 30.7 Å². The lowest BCUT2D eigenvalue weighted by molar-refractivity contribution is -0.116. The molecule has 2 aromatic carbocycles. The van der Waals surface area contributed by atoms with Crippen molar-refractivity contribution in [2.45, 2.75) is 19.8 Å². The number of rotatable bonds is 8. The van der Waals surface area contributed by atoms with E-state index in [0.717, 1.165) is 17.9 Å². The molecule has 0 atom stereocenters. The number of hydrogen-bond acceptors (Lipinski definition) is 3. The summed E-state index contributed by atoms with van der Waals surface area (Å²) in [6.45, 7) is 2.89. The first-order chi connectivity index (χ1) is 10.8. The van der Waals surface area contributed by atoms with Crippen molar-refractivity contribution < 1.29 is 14.3 Å². The fourth-order valence-corrected chi connectivity index (χ4v) is 1.95. The van der Waals surface area contributed by atoms with Gasteiger partial charge in [0.15, 0.2) is 0 Å². The average molecular weight is 299 g/mol. The molecule has 0 heterocycles. The molecule has 0 saturated carbocycles. The van der Waals surface area contributed by atoms with E-state index in [4.69, 9.17) is 9.47 Å². The van der Waals surface area contributed by atoms with E-state index in [1.165, 1.54) is 0 Å². The summed E-state index contributed by atoms with van der Waals surface area (Å²) >= 11 is 0. The van der Waals surface area contributed by atoms with Gasteiger partial charge in [0.1, 0.15) is 24.7 Å². The molecule has 0 fully saturated rings. The van der Waals surface area contributed by atoms with Gasteiger partial charge in [0.05, 0.1) is 0 Å². The number of carbonyl (C=O) groups excluding carboxylic acids is 1. The number of carbonyl (C=O) groups is 1. The molecule has 0 aromatic heterocycles. The van der Waals surface area contributed by atoms with E-state index in [1.807, 2.05) is 61.5 Å². The molecule has 0 aliphatic rings. The summed E-state index contributed by atoms with van der Waals surface area (Å²) in [6.07, 6.45) is 1.36. The van der Waals surface area contributed by atoms with Gasteiger partial charge >= 0.3 is 0 Å². The van der Waals surface area contributed by atoms with Gasteiger partial charge in [-0.15, -0.1) is 0 Å². The normalized spacial score (nSPS) is 10.0. The molecule has 0 spiro atoms. The SMILES string of the molecule is CCCC(=O)Nc1cccc(OCCOc2ccccc2)c1. The lowest BCUT2D eigenvalue weighted by atomic mass is 10.2. The predicted molar refractivity (Wildman–Crippen MR) is 87.4 cm³/mol. The lowest BCUT2D eigenvalue weighted by Crippen LogP contribution is -2.11. The van der Waals surface area contributed by atoms with Gasteiger partial charge in [-0.2, -0.15) is 0 Å². The quantitative estimate of drug-likeness (QED) is 0.752. The molecule has 2 rings (SSSR count). The van der Waals surface area contributed by atoms with Gasteiger partial charge in [0.2, 0.25) is 5.91 Å². The maximum atomic E-state index is 11.6. The zero-order valence-electron chi connectivity index (χ0n) is 12.7. The van der Waals surface area contributed by atoms with Crippen LogP contribution in [0.2, 0.25) is 0 Å². The van der Waals surface area contributed by atoms with E-state index >= 15 is 0 Å². The Balaban J connectivity index is 1.77. The second-order valence-electron chi connectivity index (χ2n) is 4.84. The molecule has 1 N–H and O–H groups in total. The molecule has 4 heteroatoms. The highest BCUT2D eigenvalue weighted by Gasteiger charge is 2.02. The van der Waals surface area contributed by atoms with Crippen molar-refractivity contribution in [3.8, 4) is 11.5 Å². The summed E-state index contributed by atoms with van der Waals surface area (Å²) in [6, 6.07) is 17.0. The van der Waals surface area contributed by atoms with Crippen LogP contribution in [0.5, 0.6) is 11.5 Å². The summed E-state index contributed by atoms with van der Waals surface area (Å²) in [5.74, 6) is 1.56. The fraction of sp³-hybridized carbons (Fsp3) is 0.278. The van der Waals surface area contributed by atoms with Crippen LogP contribution >= 0.6 is 0 Å². The third kappa shape index (κ3) is 5.48. The van der Waals surface area contributed by atoms with Crippen LogP contribution in [0.15, 0.2) is 54.6 Å². The number of benzene rings is 2. The summed E-state index contributed by atoms with van der Waals surface area (Å²) in [4.78, 5) is 11.6. The summed E-state index contributed by atoms with van der Waals surface area (Å²) in [5.41, 5.74) is 0.750. The summed E-state index contributed by atoms with van der Waals surface area (Å²) in [7, 11) is 0. The highest BCUT2D eigenvalue weighted by Crippen LogP contribution is 2.17. The molecule has 2 aromatic rings. The van der Waals surface area contributed by atoms with Gasteiger partial charge in [0.25, 0.3) is 0 Å². The Morgan fingerprint density at radius 2 is 1.64 bits per heavy atom. The van der Waals surface area contributed by atoms with Crippen LogP contribution in [0.1, 0.15) is 19.8 Å². The molecule has 0 radical (unpaired) electrons. The number of ether oxygens (including phenoxy) is 2. The van der Waals surface area contributed by atoms with Crippen LogP contribution in [-0.2, 0) is 4.79 Å². The Morgan fingerprint density at radius 1 is 0.955 bits per heavy atom. The standard InChI is InChI=1S/C18H21NO3/c1-2-7-18(20)19-15-8-6-11-17(14-15)22-13-12-21-16-9-4-3-5-10-16/h3-6,8-11,14H,2,7,12-13H2,1H3,(H,19,20). The first kappa shape index (κ1) is 15.9. The Hall–Kier alpha value is -2.49. The van der Waals surface area contributed by atoms with Crippen molar-refractivity contribution in [1.82, 2.24) is 0 Å². The van der Waals surface area contributed by atoms with E-state index in [0.29, 0.717) is 25.4 Å². The van der Waals surface area contributed by atoms with Crippen molar-refractivity contribution in [2.75, 3.05) is 18.5 Å². The molecular formula is C18H21NO3. The number of amides is 1. The van der Waals surface area contributed by atoms with Gasteiger partial charge in [-0.1, -0.05) is 31.2 Å². The first-order valence-corrected chi connectivity index (χ1v) is 7.48. The lowest BCUT2D eigenvalue weighted by Gasteiger charge is -2.10. The molecule has 0 unspecified atom stereocenters. The van der Waals surface area contributed by atoms with E-state index < -0.39 is 0 Å². The number of anilines is 1. The van der Waals surface area contributed by atoms with Crippen molar-refractivity contribution in [3.05, 3.63) is 54.6 Å². The first-order valence-electron chi connectivity index (χ1n) is 7.48. The molecule has 22 heavy (non-hydrogen) atoms. The second kappa shape index (κ2) is 8.72. The predicted octanol–water partition coefficient (Wildman–Crippen LogP) is 3.88. The largest absolute Gasteiger partial charge is 0.490 e. The topological polar surface area (TPSA) is 47.6 Å². The van der Waals surface area contributed by atoms with E-state index in [2.05, 4.69) is 5.32 Å². The zero-order chi connectivity index (χ0) is 15.6. The average Bonchev–Trinajstić information content (AvgIpc) is 2.53. The highest BCUT2D eigenvalue weighted by atomic mass is 16.5. The molecule has 0 bridgehead atoms.